The summed E-state index contributed by atoms with van der Waals surface area (Å²) >= 11 is 2.26. The van der Waals surface area contributed by atoms with Crippen LogP contribution in [0.3, 0.4) is 0 Å². The second-order valence-electron chi connectivity index (χ2n) is 4.41. The van der Waals surface area contributed by atoms with Crippen molar-refractivity contribution in [2.45, 2.75) is 26.2 Å². The molecule has 0 saturated carbocycles. The van der Waals surface area contributed by atoms with Crippen LogP contribution >= 0.6 is 0 Å². The van der Waals surface area contributed by atoms with Crippen molar-refractivity contribution in [1.82, 2.24) is 0 Å². The molecule has 0 N–H and O–H groups in total. The summed E-state index contributed by atoms with van der Waals surface area (Å²) in [6.07, 6.45) is 3.61. The monoisotopic (exact) mass is 473 g/mol. The van der Waals surface area contributed by atoms with Gasteiger partial charge in [-0.3, -0.25) is 0 Å². The van der Waals surface area contributed by atoms with Crippen LogP contribution in [-0.4, -0.2) is 0 Å². The molecule has 0 nitrogen and oxygen atoms in total. The molecule has 0 fully saturated rings. The van der Waals surface area contributed by atoms with Gasteiger partial charge in [-0.1, -0.05) is 0 Å². The van der Waals surface area contributed by atoms with E-state index in [-0.39, 0.29) is 48.0 Å². The summed E-state index contributed by atoms with van der Waals surface area (Å²) < 4.78 is 1.53. The van der Waals surface area contributed by atoms with Gasteiger partial charge >= 0.3 is 97.9 Å². The Labute approximate surface area is 144 Å². The molecule has 0 aromatic heterocycles. The van der Waals surface area contributed by atoms with Gasteiger partial charge in [0.05, 0.1) is 0 Å². The molecule has 1 aromatic carbocycles. The summed E-state index contributed by atoms with van der Waals surface area (Å²) in [4.78, 5) is 0. The van der Waals surface area contributed by atoms with Crippen LogP contribution < -0.4 is 48.0 Å². The number of hydrogen-bond acceptors (Lipinski definition) is 0. The fraction of sp³-hybridized carbons (Fsp3) is 0.385. The first kappa shape index (κ1) is 17.1. The topological polar surface area (TPSA) is 0 Å². The van der Waals surface area contributed by atoms with E-state index >= 15 is 0 Å². The van der Waals surface area contributed by atoms with Crippen LogP contribution in [-0.2, 0) is 20.4 Å². The largest absolute Gasteiger partial charge is 1.00 e. The van der Waals surface area contributed by atoms with Crippen molar-refractivity contribution >= 4 is 6.08 Å². The molecule has 1 atom stereocenters. The second kappa shape index (κ2) is 7.54. The van der Waals surface area contributed by atoms with E-state index in [1.54, 1.807) is 0 Å². The van der Waals surface area contributed by atoms with Gasteiger partial charge in [0.1, 0.15) is 0 Å². The molecule has 85 valence electrons. The van der Waals surface area contributed by atoms with Gasteiger partial charge in [0.2, 0.25) is 0 Å². The molecule has 1 aliphatic carbocycles. The zero-order valence-electron chi connectivity index (χ0n) is 9.50. The predicted molar refractivity (Wildman–Crippen MR) is 56.6 cm³/mol. The van der Waals surface area contributed by atoms with Gasteiger partial charge in [-0.05, 0) is 0 Å². The molecule has 0 saturated heterocycles. The summed E-state index contributed by atoms with van der Waals surface area (Å²) in [6.45, 7) is 4.60. The minimum absolute atomic E-state index is 0. The summed E-state index contributed by atoms with van der Waals surface area (Å²) in [6, 6.07) is 8.77. The van der Waals surface area contributed by atoms with Gasteiger partial charge in [-0.25, -0.2) is 0 Å². The molecule has 0 radical (unpaired) electrons. The second-order valence-corrected chi connectivity index (χ2v) is 5.31. The molecule has 0 amide bonds. The summed E-state index contributed by atoms with van der Waals surface area (Å²) in [5.41, 5.74) is 2.95. The molecule has 0 spiro atoms. The van der Waals surface area contributed by atoms with Crippen molar-refractivity contribution in [3.63, 3.8) is 0 Å². The Kier molecular flexibility index (Phi) is 8.08. The Bertz CT molecular complexity index is 372. The van der Waals surface area contributed by atoms with Crippen molar-refractivity contribution in [2.75, 3.05) is 0 Å². The summed E-state index contributed by atoms with van der Waals surface area (Å²) in [7, 11) is 0. The first-order valence-electron chi connectivity index (χ1n) is 5.20. The van der Waals surface area contributed by atoms with Crippen LogP contribution in [0.4, 0.5) is 0 Å². The molecule has 1 unspecified atom stereocenters. The Morgan fingerprint density at radius 1 is 1.19 bits per heavy atom. The summed E-state index contributed by atoms with van der Waals surface area (Å²) in [5.74, 6) is 1.45. The van der Waals surface area contributed by atoms with Gasteiger partial charge in [0.25, 0.3) is 0 Å². The Morgan fingerprint density at radius 2 is 1.81 bits per heavy atom. The van der Waals surface area contributed by atoms with E-state index in [9.17, 15) is 0 Å². The fourth-order valence-corrected chi connectivity index (χ4v) is 2.79. The van der Waals surface area contributed by atoms with Gasteiger partial charge in [-0.15, -0.1) is 0 Å². The van der Waals surface area contributed by atoms with Gasteiger partial charge in [0, 0.05) is 0 Å². The van der Waals surface area contributed by atoms with Crippen molar-refractivity contribution < 1.29 is 68.4 Å². The Balaban J connectivity index is 0.00000112. The smallest absolute Gasteiger partial charge is 1.00 e. The standard InChI is InChI=1S/C13H15.2HI.Ti/c1-10(2)9-12-8-7-11-5-3-4-6-13(11)12;;;/h3-7,10,12H,9H2,1-2H3;2*1H;/q;;;+2/p-2. The number of allylic oxidation sites excluding steroid dienone is 1. The Hall–Kier alpha value is 1.13. The van der Waals surface area contributed by atoms with Crippen molar-refractivity contribution in [1.29, 1.82) is 0 Å². The maximum Gasteiger partial charge on any atom is -1.00 e. The minimum atomic E-state index is 0. The van der Waals surface area contributed by atoms with Gasteiger partial charge in [0.15, 0.2) is 0 Å². The van der Waals surface area contributed by atoms with E-state index in [0.717, 1.165) is 5.92 Å². The number of rotatable bonds is 2. The molecule has 0 aliphatic heterocycles. The average Bonchev–Trinajstić information content (AvgIpc) is 2.43. The van der Waals surface area contributed by atoms with Crippen molar-refractivity contribution in [3.05, 3.63) is 39.3 Å². The van der Waals surface area contributed by atoms with Crippen molar-refractivity contribution in [2.24, 2.45) is 5.92 Å². The molecular formula is C13H15I2Ti. The third-order valence-corrected chi connectivity index (χ3v) is 3.53. The van der Waals surface area contributed by atoms with Gasteiger partial charge < -0.3 is 48.0 Å². The van der Waals surface area contributed by atoms with E-state index in [0.29, 0.717) is 5.92 Å². The van der Waals surface area contributed by atoms with Crippen LogP contribution in [0, 0.1) is 5.92 Å². The maximum absolute atomic E-state index is 2.34. The molecule has 1 aromatic rings. The fourth-order valence-electron chi connectivity index (χ4n) is 2.12. The molecule has 0 bridgehead atoms. The van der Waals surface area contributed by atoms with E-state index < -0.39 is 0 Å². The number of fused-ring (bicyclic) bond motifs is 1. The number of hydrogen-bond donors (Lipinski definition) is 0. The predicted octanol–water partition coefficient (Wildman–Crippen LogP) is -2.27. The first-order valence-corrected chi connectivity index (χ1v) is 5.98. The first-order chi connectivity index (χ1) is 6.68. The quantitative estimate of drug-likeness (QED) is 0.336. The van der Waals surface area contributed by atoms with Crippen LogP contribution in [0.5, 0.6) is 0 Å². The molecule has 3 heteroatoms. The molecule has 2 rings (SSSR count). The van der Waals surface area contributed by atoms with Crippen LogP contribution in [0.2, 0.25) is 0 Å². The molecule has 1 aliphatic rings. The third kappa shape index (κ3) is 3.82. The van der Waals surface area contributed by atoms with E-state index in [1.807, 2.05) is 0 Å². The maximum atomic E-state index is 2.34. The zero-order chi connectivity index (χ0) is 10.1. The zero-order valence-corrected chi connectivity index (χ0v) is 15.4. The van der Waals surface area contributed by atoms with Crippen LogP contribution in [0.15, 0.2) is 28.1 Å². The number of benzene rings is 1. The summed E-state index contributed by atoms with van der Waals surface area (Å²) in [5, 5.41) is 0. The van der Waals surface area contributed by atoms with Crippen molar-refractivity contribution in [3.8, 4) is 0 Å². The van der Waals surface area contributed by atoms with Crippen LogP contribution in [0.1, 0.15) is 37.3 Å². The number of halogens is 2. The van der Waals surface area contributed by atoms with E-state index in [1.165, 1.54) is 21.4 Å². The molecule has 0 heterocycles. The normalized spacial score (nSPS) is 17.3. The molecule has 16 heavy (non-hydrogen) atoms. The van der Waals surface area contributed by atoms with E-state index in [2.05, 4.69) is 64.6 Å². The third-order valence-electron chi connectivity index (χ3n) is 2.76. The SMILES string of the molecule is CC(C)CC1[C]([Ti+2])=Cc2ccccc21.[I-].[I-]. The Morgan fingerprint density at radius 3 is 2.44 bits per heavy atom. The molecular weight excluding hydrogens is 458 g/mol. The average molecular weight is 473 g/mol. The van der Waals surface area contributed by atoms with Crippen LogP contribution in [0.25, 0.3) is 6.08 Å². The van der Waals surface area contributed by atoms with E-state index in [4.69, 9.17) is 0 Å². The minimum Gasteiger partial charge on any atom is -1.00 e. The van der Waals surface area contributed by atoms with Gasteiger partial charge in [-0.2, -0.15) is 0 Å².